The highest BCUT2D eigenvalue weighted by Gasteiger charge is 1.99. The van der Waals surface area contributed by atoms with Crippen molar-refractivity contribution in [3.8, 4) is 0 Å². The molecule has 0 saturated carbocycles. The molecular weight excluding hydrogens is 240 g/mol. The number of nitrogens with one attached hydrogen (secondary N) is 1. The Bertz CT molecular complexity index is 468. The summed E-state index contributed by atoms with van der Waals surface area (Å²) in [6, 6.07) is 8.42. The van der Waals surface area contributed by atoms with Gasteiger partial charge in [-0.1, -0.05) is 30.7 Å². The number of hydrogen-bond donors (Lipinski definition) is 1. The second-order valence-corrected chi connectivity index (χ2v) is 5.21. The van der Waals surface area contributed by atoms with Crippen LogP contribution < -0.4 is 5.32 Å². The molecule has 0 unspecified atom stereocenters. The van der Waals surface area contributed by atoms with Gasteiger partial charge in [0.15, 0.2) is 0 Å². The van der Waals surface area contributed by atoms with E-state index in [0.717, 1.165) is 28.0 Å². The first-order valence-corrected chi connectivity index (χ1v) is 6.40. The molecule has 1 aromatic heterocycles. The number of thiazole rings is 1. The van der Waals surface area contributed by atoms with Crippen molar-refractivity contribution in [3.05, 3.63) is 45.4 Å². The van der Waals surface area contributed by atoms with Gasteiger partial charge >= 0.3 is 0 Å². The van der Waals surface area contributed by atoms with Crippen LogP contribution in [-0.4, -0.2) is 4.98 Å². The van der Waals surface area contributed by atoms with Gasteiger partial charge in [-0.2, -0.15) is 0 Å². The van der Waals surface area contributed by atoms with Crippen LogP contribution in [-0.2, 0) is 13.0 Å². The summed E-state index contributed by atoms with van der Waals surface area (Å²) < 4.78 is 0.735. The Morgan fingerprint density at radius 3 is 3.00 bits per heavy atom. The van der Waals surface area contributed by atoms with Gasteiger partial charge in [-0.05, 0) is 24.1 Å². The van der Waals surface area contributed by atoms with Gasteiger partial charge in [0.05, 0.1) is 12.7 Å². The molecule has 0 atom stereocenters. The van der Waals surface area contributed by atoms with E-state index in [-0.39, 0.29) is 0 Å². The first-order chi connectivity index (χ1) is 7.78. The van der Waals surface area contributed by atoms with Crippen LogP contribution in [0.3, 0.4) is 0 Å². The molecule has 1 N–H and O–H groups in total. The third-order valence-electron chi connectivity index (χ3n) is 2.30. The predicted molar refractivity (Wildman–Crippen MR) is 70.3 cm³/mol. The predicted octanol–water partition coefficient (Wildman–Crippen LogP) is 3.97. The molecule has 1 aromatic carbocycles. The van der Waals surface area contributed by atoms with E-state index in [9.17, 15) is 0 Å². The average molecular weight is 253 g/mol. The highest BCUT2D eigenvalue weighted by atomic mass is 35.5. The summed E-state index contributed by atoms with van der Waals surface area (Å²) in [6.45, 7) is 2.88. The van der Waals surface area contributed by atoms with E-state index in [1.807, 2.05) is 0 Å². The minimum Gasteiger partial charge on any atom is -0.379 e. The summed E-state index contributed by atoms with van der Waals surface area (Å²) in [5.41, 5.74) is 2.47. The van der Waals surface area contributed by atoms with Crippen molar-refractivity contribution < 1.29 is 0 Å². The van der Waals surface area contributed by atoms with Crippen molar-refractivity contribution in [3.63, 3.8) is 0 Å². The molecule has 2 aromatic rings. The summed E-state index contributed by atoms with van der Waals surface area (Å²) in [4.78, 5) is 4.20. The third-order valence-corrected chi connectivity index (χ3v) is 3.42. The van der Waals surface area contributed by atoms with Gasteiger partial charge in [-0.25, -0.2) is 4.98 Å². The van der Waals surface area contributed by atoms with Gasteiger partial charge in [0.2, 0.25) is 0 Å². The summed E-state index contributed by atoms with van der Waals surface area (Å²) >= 11 is 7.33. The first-order valence-electron chi connectivity index (χ1n) is 5.21. The lowest BCUT2D eigenvalue weighted by molar-refractivity contribution is 1.09. The smallest absolute Gasteiger partial charge is 0.113 e. The quantitative estimate of drug-likeness (QED) is 0.891. The molecule has 0 radical (unpaired) electrons. The fourth-order valence-electron chi connectivity index (χ4n) is 1.45. The standard InChI is InChI=1S/C12H13ClN2S/c1-2-9-4-3-5-10(6-9)14-8-12-15-7-11(13)16-12/h3-7,14H,2,8H2,1H3. The monoisotopic (exact) mass is 252 g/mol. The lowest BCUT2D eigenvalue weighted by Gasteiger charge is -2.05. The van der Waals surface area contributed by atoms with E-state index in [1.165, 1.54) is 16.9 Å². The minimum atomic E-state index is 0.727. The Hall–Kier alpha value is -1.06. The molecule has 0 aliphatic rings. The summed E-state index contributed by atoms with van der Waals surface area (Å²) in [5, 5.41) is 4.34. The van der Waals surface area contributed by atoms with Crippen LogP contribution in [0, 0.1) is 0 Å². The second kappa shape index (κ2) is 5.32. The van der Waals surface area contributed by atoms with Crippen LogP contribution in [0.2, 0.25) is 4.34 Å². The normalized spacial score (nSPS) is 10.4. The van der Waals surface area contributed by atoms with Crippen LogP contribution in [0.4, 0.5) is 5.69 Å². The van der Waals surface area contributed by atoms with E-state index in [1.54, 1.807) is 6.20 Å². The second-order valence-electron chi connectivity index (χ2n) is 3.47. The molecule has 4 heteroatoms. The van der Waals surface area contributed by atoms with Crippen LogP contribution in [0.25, 0.3) is 0 Å². The van der Waals surface area contributed by atoms with Crippen LogP contribution >= 0.6 is 22.9 Å². The Balaban J connectivity index is 1.99. The zero-order valence-electron chi connectivity index (χ0n) is 9.03. The SMILES string of the molecule is CCc1cccc(NCc2ncc(Cl)s2)c1. The number of aryl methyl sites for hydroxylation is 1. The molecule has 1 heterocycles. The minimum absolute atomic E-state index is 0.727. The number of benzene rings is 1. The van der Waals surface area contributed by atoms with Gasteiger partial charge in [-0.3, -0.25) is 0 Å². The molecule has 84 valence electrons. The molecule has 0 fully saturated rings. The molecule has 16 heavy (non-hydrogen) atoms. The number of aromatic nitrogens is 1. The topological polar surface area (TPSA) is 24.9 Å². The maximum Gasteiger partial charge on any atom is 0.113 e. The molecular formula is C12H13ClN2S. The number of anilines is 1. The zero-order valence-corrected chi connectivity index (χ0v) is 10.6. The van der Waals surface area contributed by atoms with E-state index in [4.69, 9.17) is 11.6 Å². The molecule has 2 nitrogen and oxygen atoms in total. The zero-order chi connectivity index (χ0) is 11.4. The van der Waals surface area contributed by atoms with Crippen molar-refractivity contribution in [2.24, 2.45) is 0 Å². The summed E-state index contributed by atoms with van der Waals surface area (Å²) in [6.07, 6.45) is 2.74. The van der Waals surface area contributed by atoms with Crippen LogP contribution in [0.15, 0.2) is 30.5 Å². The van der Waals surface area contributed by atoms with Crippen molar-refractivity contribution in [1.82, 2.24) is 4.98 Å². The Labute approximate surface area is 104 Å². The highest BCUT2D eigenvalue weighted by Crippen LogP contribution is 2.19. The number of halogens is 1. The van der Waals surface area contributed by atoms with Crippen molar-refractivity contribution in [2.75, 3.05) is 5.32 Å². The molecule has 2 rings (SSSR count). The molecule has 0 aliphatic carbocycles. The van der Waals surface area contributed by atoms with Gasteiger partial charge in [0, 0.05) is 5.69 Å². The molecule has 0 bridgehead atoms. The molecule has 0 aliphatic heterocycles. The average Bonchev–Trinajstić information content (AvgIpc) is 2.73. The Kier molecular flexibility index (Phi) is 3.80. The van der Waals surface area contributed by atoms with E-state index in [0.29, 0.717) is 0 Å². The molecule has 0 spiro atoms. The Morgan fingerprint density at radius 1 is 1.44 bits per heavy atom. The molecule has 0 amide bonds. The van der Waals surface area contributed by atoms with Gasteiger partial charge < -0.3 is 5.32 Å². The highest BCUT2D eigenvalue weighted by molar-refractivity contribution is 7.15. The maximum absolute atomic E-state index is 5.82. The van der Waals surface area contributed by atoms with Crippen molar-refractivity contribution in [2.45, 2.75) is 19.9 Å². The summed E-state index contributed by atoms with van der Waals surface area (Å²) in [5.74, 6) is 0. The van der Waals surface area contributed by atoms with Gasteiger partial charge in [0.1, 0.15) is 9.34 Å². The largest absolute Gasteiger partial charge is 0.379 e. The van der Waals surface area contributed by atoms with E-state index >= 15 is 0 Å². The van der Waals surface area contributed by atoms with Gasteiger partial charge in [-0.15, -0.1) is 11.3 Å². The summed E-state index contributed by atoms with van der Waals surface area (Å²) in [7, 11) is 0. The lowest BCUT2D eigenvalue weighted by atomic mass is 10.1. The van der Waals surface area contributed by atoms with Gasteiger partial charge in [0.25, 0.3) is 0 Å². The maximum atomic E-state index is 5.82. The Morgan fingerprint density at radius 2 is 2.31 bits per heavy atom. The van der Waals surface area contributed by atoms with Crippen molar-refractivity contribution >= 4 is 28.6 Å². The van der Waals surface area contributed by atoms with E-state index < -0.39 is 0 Å². The van der Waals surface area contributed by atoms with Crippen LogP contribution in [0.1, 0.15) is 17.5 Å². The third kappa shape index (κ3) is 2.97. The molecule has 0 saturated heterocycles. The number of hydrogen-bond acceptors (Lipinski definition) is 3. The van der Waals surface area contributed by atoms with E-state index in [2.05, 4.69) is 41.5 Å². The number of nitrogens with zero attached hydrogens (tertiary/aromatic N) is 1. The first kappa shape index (κ1) is 11.4. The number of rotatable bonds is 4. The fraction of sp³-hybridized carbons (Fsp3) is 0.250. The fourth-order valence-corrected chi connectivity index (χ4v) is 2.34. The lowest BCUT2D eigenvalue weighted by Crippen LogP contribution is -1.98. The van der Waals surface area contributed by atoms with Crippen LogP contribution in [0.5, 0.6) is 0 Å². The van der Waals surface area contributed by atoms with Crippen molar-refractivity contribution in [1.29, 1.82) is 0 Å².